The number of carbonyl (C=O) groups is 1. The van der Waals surface area contributed by atoms with Crippen molar-refractivity contribution in [2.45, 2.75) is 25.3 Å². The number of H-pyrrole nitrogens is 1. The smallest absolute Gasteiger partial charge is 0.244 e. The molecule has 0 bridgehead atoms. The lowest BCUT2D eigenvalue weighted by molar-refractivity contribution is -0.120. The number of hydrogen-bond acceptors (Lipinski definition) is 5. The van der Waals surface area contributed by atoms with Crippen LogP contribution in [0.1, 0.15) is 17.1 Å². The van der Waals surface area contributed by atoms with Crippen molar-refractivity contribution in [3.8, 4) is 0 Å². The van der Waals surface area contributed by atoms with E-state index in [0.29, 0.717) is 17.1 Å². The quantitative estimate of drug-likeness (QED) is 0.692. The van der Waals surface area contributed by atoms with Crippen molar-refractivity contribution in [1.29, 1.82) is 0 Å². The third-order valence-corrected chi connectivity index (χ3v) is 4.61. The van der Waals surface area contributed by atoms with Crippen molar-refractivity contribution in [2.75, 3.05) is 6.54 Å². The first-order valence-corrected chi connectivity index (χ1v) is 8.06. The summed E-state index contributed by atoms with van der Waals surface area (Å²) in [6.07, 6.45) is 1.62. The predicted molar refractivity (Wildman–Crippen MR) is 79.3 cm³/mol. The number of nitrogens with one attached hydrogen (secondary N) is 3. The fourth-order valence-corrected chi connectivity index (χ4v) is 3.27. The highest BCUT2D eigenvalue weighted by Crippen LogP contribution is 2.15. The van der Waals surface area contributed by atoms with E-state index in [9.17, 15) is 13.2 Å². The molecule has 3 N–H and O–H groups in total. The molecule has 0 saturated heterocycles. The van der Waals surface area contributed by atoms with Crippen LogP contribution in [-0.4, -0.2) is 36.1 Å². The molecular weight excluding hydrogens is 306 g/mol. The number of amides is 1. The van der Waals surface area contributed by atoms with E-state index in [2.05, 4.69) is 25.2 Å². The van der Waals surface area contributed by atoms with E-state index in [1.165, 1.54) is 0 Å². The standard InChI is InChI=1S/C13H17N5O3S/c1-9-13(10(2)18-17-9)22(20,21)16-8-12(19)15-7-11-5-3-4-6-14-11/h3-6,16H,7-8H2,1-2H3,(H,15,19)(H,17,18). The zero-order valence-corrected chi connectivity index (χ0v) is 13.1. The van der Waals surface area contributed by atoms with Gasteiger partial charge in [0.05, 0.1) is 30.2 Å². The van der Waals surface area contributed by atoms with Crippen LogP contribution in [0.5, 0.6) is 0 Å². The molecule has 0 aliphatic rings. The fourth-order valence-electron chi connectivity index (χ4n) is 1.92. The topological polar surface area (TPSA) is 117 Å². The molecule has 0 aliphatic heterocycles. The molecule has 2 rings (SSSR count). The molecule has 0 unspecified atom stereocenters. The fraction of sp³-hybridized carbons (Fsp3) is 0.308. The first-order valence-electron chi connectivity index (χ1n) is 6.58. The zero-order valence-electron chi connectivity index (χ0n) is 12.3. The van der Waals surface area contributed by atoms with Crippen LogP contribution in [0.25, 0.3) is 0 Å². The Morgan fingerprint density at radius 3 is 2.68 bits per heavy atom. The lowest BCUT2D eigenvalue weighted by Gasteiger charge is -2.07. The van der Waals surface area contributed by atoms with Gasteiger partial charge in [0.15, 0.2) is 0 Å². The normalized spacial score (nSPS) is 11.4. The van der Waals surface area contributed by atoms with Gasteiger partial charge in [-0.2, -0.15) is 5.10 Å². The van der Waals surface area contributed by atoms with Crippen LogP contribution < -0.4 is 10.0 Å². The minimum Gasteiger partial charge on any atom is -0.349 e. The third-order valence-electron chi connectivity index (χ3n) is 2.94. The van der Waals surface area contributed by atoms with Gasteiger partial charge in [-0.15, -0.1) is 0 Å². The summed E-state index contributed by atoms with van der Waals surface area (Å²) in [5.74, 6) is -0.437. The van der Waals surface area contributed by atoms with Gasteiger partial charge in [-0.25, -0.2) is 13.1 Å². The molecule has 0 radical (unpaired) electrons. The molecule has 118 valence electrons. The maximum Gasteiger partial charge on any atom is 0.244 e. The number of sulfonamides is 1. The summed E-state index contributed by atoms with van der Waals surface area (Å²) < 4.78 is 26.6. The van der Waals surface area contributed by atoms with Gasteiger partial charge in [-0.1, -0.05) is 6.07 Å². The average molecular weight is 323 g/mol. The molecule has 9 heteroatoms. The van der Waals surface area contributed by atoms with Crippen LogP contribution >= 0.6 is 0 Å². The molecule has 0 atom stereocenters. The summed E-state index contributed by atoms with van der Waals surface area (Å²) in [6.45, 7) is 3.08. The van der Waals surface area contributed by atoms with E-state index >= 15 is 0 Å². The molecule has 8 nitrogen and oxygen atoms in total. The number of aromatic nitrogens is 3. The minimum absolute atomic E-state index is 0.0741. The Hall–Kier alpha value is -2.26. The van der Waals surface area contributed by atoms with Crippen molar-refractivity contribution in [3.63, 3.8) is 0 Å². The zero-order chi connectivity index (χ0) is 16.2. The van der Waals surface area contributed by atoms with Crippen molar-refractivity contribution in [3.05, 3.63) is 41.5 Å². The van der Waals surface area contributed by atoms with Gasteiger partial charge in [0.2, 0.25) is 15.9 Å². The SMILES string of the molecule is Cc1n[nH]c(C)c1S(=O)(=O)NCC(=O)NCc1ccccn1. The van der Waals surface area contributed by atoms with Gasteiger partial charge in [0.25, 0.3) is 0 Å². The van der Waals surface area contributed by atoms with Gasteiger partial charge in [0.1, 0.15) is 4.90 Å². The Morgan fingerprint density at radius 1 is 1.32 bits per heavy atom. The van der Waals surface area contributed by atoms with Crippen LogP contribution in [0.2, 0.25) is 0 Å². The van der Waals surface area contributed by atoms with E-state index in [1.807, 2.05) is 6.07 Å². The highest BCUT2D eigenvalue weighted by molar-refractivity contribution is 7.89. The third kappa shape index (κ3) is 3.89. The van der Waals surface area contributed by atoms with Crippen LogP contribution in [-0.2, 0) is 21.4 Å². The summed E-state index contributed by atoms with van der Waals surface area (Å²) in [7, 11) is -3.78. The van der Waals surface area contributed by atoms with Crippen molar-refractivity contribution < 1.29 is 13.2 Å². The molecule has 22 heavy (non-hydrogen) atoms. The Balaban J connectivity index is 1.91. The number of aromatic amines is 1. The number of carbonyl (C=O) groups excluding carboxylic acids is 1. The average Bonchev–Trinajstić information content (AvgIpc) is 2.84. The maximum absolute atomic E-state index is 12.2. The second-order valence-corrected chi connectivity index (χ2v) is 6.39. The van der Waals surface area contributed by atoms with Gasteiger partial charge in [-0.3, -0.25) is 14.9 Å². The Bertz CT molecular complexity index is 736. The van der Waals surface area contributed by atoms with Crippen LogP contribution in [0.15, 0.2) is 29.3 Å². The number of aryl methyl sites for hydroxylation is 2. The minimum atomic E-state index is -3.78. The number of hydrogen-bond donors (Lipinski definition) is 3. The summed E-state index contributed by atoms with van der Waals surface area (Å²) in [5.41, 5.74) is 1.48. The molecular formula is C13H17N5O3S. The van der Waals surface area contributed by atoms with Gasteiger partial charge < -0.3 is 5.32 Å². The monoisotopic (exact) mass is 323 g/mol. The van der Waals surface area contributed by atoms with Crippen molar-refractivity contribution in [2.24, 2.45) is 0 Å². The summed E-state index contributed by atoms with van der Waals surface area (Å²) in [4.78, 5) is 15.8. The summed E-state index contributed by atoms with van der Waals surface area (Å²) in [5, 5.41) is 9.03. The van der Waals surface area contributed by atoms with E-state index in [1.54, 1.807) is 32.2 Å². The molecule has 1 amide bonds. The predicted octanol–water partition coefficient (Wildman–Crippen LogP) is 0.0162. The summed E-state index contributed by atoms with van der Waals surface area (Å²) >= 11 is 0. The molecule has 0 aliphatic carbocycles. The molecule has 0 fully saturated rings. The maximum atomic E-state index is 12.2. The van der Waals surface area contributed by atoms with E-state index in [4.69, 9.17) is 0 Å². The highest BCUT2D eigenvalue weighted by Gasteiger charge is 2.22. The van der Waals surface area contributed by atoms with Crippen LogP contribution in [0, 0.1) is 13.8 Å². The first kappa shape index (κ1) is 16.1. The van der Waals surface area contributed by atoms with Gasteiger partial charge in [0, 0.05) is 6.20 Å². The summed E-state index contributed by atoms with van der Waals surface area (Å²) in [6, 6.07) is 5.35. The first-order chi connectivity index (χ1) is 10.4. The Labute approximate surface area is 128 Å². The van der Waals surface area contributed by atoms with Crippen LogP contribution in [0.4, 0.5) is 0 Å². The molecule has 2 aromatic heterocycles. The second-order valence-electron chi connectivity index (χ2n) is 4.69. The van der Waals surface area contributed by atoms with Gasteiger partial charge in [-0.05, 0) is 26.0 Å². The molecule has 2 aromatic rings. The molecule has 0 saturated carbocycles. The second kappa shape index (κ2) is 6.67. The lowest BCUT2D eigenvalue weighted by Crippen LogP contribution is -2.37. The number of nitrogens with zero attached hydrogens (tertiary/aromatic N) is 2. The molecule has 0 aromatic carbocycles. The Morgan fingerprint density at radius 2 is 2.09 bits per heavy atom. The highest BCUT2D eigenvalue weighted by atomic mass is 32.2. The van der Waals surface area contributed by atoms with Crippen molar-refractivity contribution in [1.82, 2.24) is 25.2 Å². The van der Waals surface area contributed by atoms with E-state index < -0.39 is 15.9 Å². The van der Waals surface area contributed by atoms with Crippen LogP contribution in [0.3, 0.4) is 0 Å². The van der Waals surface area contributed by atoms with Gasteiger partial charge >= 0.3 is 0 Å². The largest absolute Gasteiger partial charge is 0.349 e. The van der Waals surface area contributed by atoms with E-state index in [-0.39, 0.29) is 18.0 Å². The molecule has 0 spiro atoms. The van der Waals surface area contributed by atoms with Crippen molar-refractivity contribution >= 4 is 15.9 Å². The number of rotatable bonds is 6. The lowest BCUT2D eigenvalue weighted by atomic mass is 10.3. The van der Waals surface area contributed by atoms with E-state index in [0.717, 1.165) is 0 Å². The number of pyridine rings is 1. The molecule has 2 heterocycles. The Kier molecular flexibility index (Phi) is 4.88.